The summed E-state index contributed by atoms with van der Waals surface area (Å²) in [5, 5.41) is 1.21. The van der Waals surface area contributed by atoms with Crippen LogP contribution in [-0.2, 0) is 13.1 Å². The summed E-state index contributed by atoms with van der Waals surface area (Å²) in [6, 6.07) is 20.9. The van der Waals surface area contributed by atoms with E-state index in [2.05, 4.69) is 69.0 Å². The Balaban J connectivity index is 1.32. The van der Waals surface area contributed by atoms with Gasteiger partial charge in [-0.2, -0.15) is 0 Å². The summed E-state index contributed by atoms with van der Waals surface area (Å²) in [4.78, 5) is 21.5. The maximum Gasteiger partial charge on any atom is 0.259 e. The second-order valence-electron chi connectivity index (χ2n) is 8.55. The molecule has 0 spiro atoms. The molecule has 0 aliphatic carbocycles. The van der Waals surface area contributed by atoms with Crippen molar-refractivity contribution in [2.45, 2.75) is 25.4 Å². The number of rotatable bonds is 3. The number of fused-ring (bicyclic) bond motifs is 5. The molecule has 2 bridgehead atoms. The minimum absolute atomic E-state index is 0.173. The molecule has 4 aromatic rings. The van der Waals surface area contributed by atoms with Crippen molar-refractivity contribution in [3.8, 4) is 10.4 Å². The molecule has 0 saturated carbocycles. The molecule has 150 valence electrons. The molecule has 2 aliphatic heterocycles. The van der Waals surface area contributed by atoms with Gasteiger partial charge in [0.15, 0.2) is 0 Å². The van der Waals surface area contributed by atoms with E-state index < -0.39 is 0 Å². The van der Waals surface area contributed by atoms with Crippen LogP contribution >= 0.6 is 11.3 Å². The Bertz CT molecular complexity index is 1240. The van der Waals surface area contributed by atoms with Crippen LogP contribution in [0.2, 0.25) is 0 Å². The summed E-state index contributed by atoms with van der Waals surface area (Å²) < 4.78 is 3.30. The molecule has 3 aromatic heterocycles. The molecule has 5 heterocycles. The third-order valence-electron chi connectivity index (χ3n) is 6.48. The van der Waals surface area contributed by atoms with Gasteiger partial charge in [0, 0.05) is 53.6 Å². The quantitative estimate of drug-likeness (QED) is 0.487. The molecule has 0 N–H and O–H groups in total. The molecule has 2 aliphatic rings. The lowest BCUT2D eigenvalue weighted by Gasteiger charge is -2.42. The van der Waals surface area contributed by atoms with Crippen LogP contribution in [0.3, 0.4) is 0 Å². The number of pyridine rings is 2. The van der Waals surface area contributed by atoms with Crippen molar-refractivity contribution >= 4 is 21.4 Å². The predicted octanol–water partition coefficient (Wildman–Crippen LogP) is 4.74. The summed E-state index contributed by atoms with van der Waals surface area (Å²) in [6.07, 6.45) is 3.05. The fraction of sp³-hybridized carbons (Fsp3) is 0.280. The molecule has 4 nitrogen and oxygen atoms in total. The van der Waals surface area contributed by atoms with Gasteiger partial charge in [-0.15, -0.1) is 11.3 Å². The van der Waals surface area contributed by atoms with Crippen LogP contribution in [0.25, 0.3) is 20.5 Å². The first-order valence-electron chi connectivity index (χ1n) is 10.6. The Labute approximate surface area is 179 Å². The van der Waals surface area contributed by atoms with Gasteiger partial charge in [0.1, 0.15) is 0 Å². The first-order chi connectivity index (χ1) is 14.7. The Morgan fingerprint density at radius 3 is 2.77 bits per heavy atom. The van der Waals surface area contributed by atoms with Crippen LogP contribution in [0, 0.1) is 5.92 Å². The standard InChI is InChI=1S/C25H23N3OS/c29-25-21(24-12-18-5-1-2-7-23(18)30-24)8-9-22-19-11-17(14-28(22)25)13-27(15-19)16-20-6-3-4-10-26-20/h1-10,12,17,19H,11,13-16H2. The van der Waals surface area contributed by atoms with Gasteiger partial charge in [-0.05, 0) is 54.1 Å². The lowest BCUT2D eigenvalue weighted by molar-refractivity contribution is 0.113. The average molecular weight is 414 g/mol. The molecule has 6 rings (SSSR count). The normalized spacial score (nSPS) is 20.9. The molecule has 5 heteroatoms. The van der Waals surface area contributed by atoms with Gasteiger partial charge in [-0.1, -0.05) is 24.3 Å². The Kier molecular flexibility index (Phi) is 4.32. The van der Waals surface area contributed by atoms with E-state index in [1.54, 1.807) is 11.3 Å². The highest BCUT2D eigenvalue weighted by atomic mass is 32.1. The van der Waals surface area contributed by atoms with Gasteiger partial charge in [0.25, 0.3) is 5.56 Å². The number of hydrogen-bond donors (Lipinski definition) is 0. The van der Waals surface area contributed by atoms with Crippen LogP contribution in [0.4, 0.5) is 0 Å². The van der Waals surface area contributed by atoms with Gasteiger partial charge >= 0.3 is 0 Å². The Morgan fingerprint density at radius 2 is 1.90 bits per heavy atom. The fourth-order valence-corrected chi connectivity index (χ4v) is 6.28. The van der Waals surface area contributed by atoms with Crippen molar-refractivity contribution in [2.75, 3.05) is 13.1 Å². The minimum atomic E-state index is 0.173. The molecule has 0 radical (unpaired) electrons. The summed E-state index contributed by atoms with van der Waals surface area (Å²) in [7, 11) is 0. The molecule has 1 saturated heterocycles. The summed E-state index contributed by atoms with van der Waals surface area (Å²) in [6.45, 7) is 3.74. The first-order valence-corrected chi connectivity index (χ1v) is 11.4. The maximum absolute atomic E-state index is 13.4. The number of thiophene rings is 1. The highest BCUT2D eigenvalue weighted by Gasteiger charge is 2.35. The van der Waals surface area contributed by atoms with Gasteiger partial charge in [0.05, 0.1) is 11.3 Å². The van der Waals surface area contributed by atoms with E-state index in [1.807, 2.05) is 12.3 Å². The highest BCUT2D eigenvalue weighted by Crippen LogP contribution is 2.37. The van der Waals surface area contributed by atoms with Gasteiger partial charge in [-0.25, -0.2) is 0 Å². The molecule has 0 amide bonds. The van der Waals surface area contributed by atoms with Crippen LogP contribution in [-0.4, -0.2) is 27.5 Å². The molecular formula is C25H23N3OS. The van der Waals surface area contributed by atoms with Gasteiger partial charge in [0.2, 0.25) is 0 Å². The predicted molar refractivity (Wildman–Crippen MR) is 122 cm³/mol. The van der Waals surface area contributed by atoms with Gasteiger partial charge in [-0.3, -0.25) is 14.7 Å². The fourth-order valence-electron chi connectivity index (χ4n) is 5.20. The molecule has 1 aromatic carbocycles. The summed E-state index contributed by atoms with van der Waals surface area (Å²) in [5.41, 5.74) is 3.33. The molecule has 1 fully saturated rings. The van der Waals surface area contributed by atoms with E-state index in [4.69, 9.17) is 0 Å². The molecule has 30 heavy (non-hydrogen) atoms. The van der Waals surface area contributed by atoms with Crippen molar-refractivity contribution in [1.29, 1.82) is 0 Å². The SMILES string of the molecule is O=c1c(-c2cc3ccccc3s2)ccc2n1CC1CC2CN(Cc2ccccn2)C1. The van der Waals surface area contributed by atoms with E-state index in [1.165, 1.54) is 22.2 Å². The first kappa shape index (κ1) is 18.0. The van der Waals surface area contributed by atoms with E-state index in [0.717, 1.165) is 42.3 Å². The van der Waals surface area contributed by atoms with E-state index in [9.17, 15) is 4.79 Å². The van der Waals surface area contributed by atoms with Crippen molar-refractivity contribution in [2.24, 2.45) is 5.92 Å². The number of aromatic nitrogens is 2. The number of likely N-dealkylation sites (tertiary alicyclic amines) is 1. The molecule has 2 atom stereocenters. The van der Waals surface area contributed by atoms with Gasteiger partial charge < -0.3 is 4.57 Å². The monoisotopic (exact) mass is 413 g/mol. The van der Waals surface area contributed by atoms with E-state index in [0.29, 0.717) is 11.8 Å². The Morgan fingerprint density at radius 1 is 1.00 bits per heavy atom. The zero-order valence-corrected chi connectivity index (χ0v) is 17.5. The third kappa shape index (κ3) is 3.09. The molecule has 2 unspecified atom stereocenters. The van der Waals surface area contributed by atoms with Crippen molar-refractivity contribution in [3.63, 3.8) is 0 Å². The van der Waals surface area contributed by atoms with Crippen LogP contribution < -0.4 is 5.56 Å². The number of piperidine rings is 1. The summed E-state index contributed by atoms with van der Waals surface area (Å²) >= 11 is 1.71. The van der Waals surface area contributed by atoms with Crippen molar-refractivity contribution in [3.05, 3.63) is 88.6 Å². The largest absolute Gasteiger partial charge is 0.311 e. The smallest absolute Gasteiger partial charge is 0.259 e. The van der Waals surface area contributed by atoms with E-state index in [-0.39, 0.29) is 5.56 Å². The number of hydrogen-bond acceptors (Lipinski definition) is 4. The lowest BCUT2D eigenvalue weighted by atomic mass is 9.83. The highest BCUT2D eigenvalue weighted by molar-refractivity contribution is 7.22. The number of benzene rings is 1. The van der Waals surface area contributed by atoms with Crippen LogP contribution in [0.1, 0.15) is 23.7 Å². The van der Waals surface area contributed by atoms with E-state index >= 15 is 0 Å². The number of nitrogens with zero attached hydrogens (tertiary/aromatic N) is 3. The van der Waals surface area contributed by atoms with Crippen molar-refractivity contribution in [1.82, 2.24) is 14.5 Å². The second-order valence-corrected chi connectivity index (χ2v) is 9.63. The zero-order chi connectivity index (χ0) is 20.1. The topological polar surface area (TPSA) is 38.1 Å². The summed E-state index contributed by atoms with van der Waals surface area (Å²) in [5.74, 6) is 0.945. The Hall–Kier alpha value is -2.76. The lowest BCUT2D eigenvalue weighted by Crippen LogP contribution is -2.47. The average Bonchev–Trinajstić information content (AvgIpc) is 3.19. The zero-order valence-electron chi connectivity index (χ0n) is 16.7. The third-order valence-corrected chi connectivity index (χ3v) is 7.63. The van der Waals surface area contributed by atoms with Crippen molar-refractivity contribution < 1.29 is 0 Å². The van der Waals surface area contributed by atoms with Crippen LogP contribution in [0.15, 0.2) is 71.7 Å². The van der Waals surface area contributed by atoms with Crippen LogP contribution in [0.5, 0.6) is 0 Å². The minimum Gasteiger partial charge on any atom is -0.311 e. The second kappa shape index (κ2) is 7.18. The molecular weight excluding hydrogens is 390 g/mol. The maximum atomic E-state index is 13.4.